The summed E-state index contributed by atoms with van der Waals surface area (Å²) in [5.41, 5.74) is -0.849. The zero-order valence-corrected chi connectivity index (χ0v) is 20.1. The molecule has 14 heteroatoms. The smallest absolute Gasteiger partial charge is 0.421 e. The molecule has 10 nitrogen and oxygen atoms in total. The van der Waals surface area contributed by atoms with Crippen molar-refractivity contribution in [2.75, 3.05) is 4.90 Å². The first-order chi connectivity index (χ1) is 16.5. The molecule has 4 rings (SSSR count). The van der Waals surface area contributed by atoms with Crippen molar-refractivity contribution in [3.8, 4) is 11.5 Å². The highest BCUT2D eigenvalue weighted by molar-refractivity contribution is 14.1. The Morgan fingerprint density at radius 2 is 1.63 bits per heavy atom. The minimum Gasteiger partial charge on any atom is -0.464 e. The van der Waals surface area contributed by atoms with Crippen molar-refractivity contribution in [1.82, 2.24) is 8.96 Å². The molecule has 4 aromatic rings. The standard InChI is InChI=1S/C21H12F2IN3O7S/c22-13-8-11(27(20(28)29)21(30)31)9-14(23)18(13)34-16-6-7-25-19-17(16)15(24)10-26(19)35(32,33)12-4-2-1-3-5-12/h1-10H,(H,28,29)(H,30,31). The first kappa shape index (κ1) is 24.3. The summed E-state index contributed by atoms with van der Waals surface area (Å²) in [4.78, 5) is 26.1. The van der Waals surface area contributed by atoms with Crippen LogP contribution in [0.1, 0.15) is 0 Å². The van der Waals surface area contributed by atoms with Crippen LogP contribution in [0.5, 0.6) is 11.5 Å². The number of carbonyl (C=O) groups is 2. The summed E-state index contributed by atoms with van der Waals surface area (Å²) >= 11 is 1.82. The molecule has 180 valence electrons. The Morgan fingerprint density at radius 1 is 1.03 bits per heavy atom. The minimum absolute atomic E-state index is 0.00415. The summed E-state index contributed by atoms with van der Waals surface area (Å²) in [6.07, 6.45) is -1.46. The van der Waals surface area contributed by atoms with Gasteiger partial charge in [0.15, 0.2) is 23.0 Å². The Labute approximate surface area is 209 Å². The molecule has 2 aromatic carbocycles. The zero-order valence-electron chi connectivity index (χ0n) is 17.1. The molecule has 0 radical (unpaired) electrons. The average molecular weight is 615 g/mol. The van der Waals surface area contributed by atoms with Crippen LogP contribution in [-0.2, 0) is 10.0 Å². The molecule has 2 heterocycles. The van der Waals surface area contributed by atoms with Gasteiger partial charge in [-0.25, -0.2) is 35.7 Å². The van der Waals surface area contributed by atoms with Crippen LogP contribution in [0.4, 0.5) is 24.1 Å². The van der Waals surface area contributed by atoms with Crippen molar-refractivity contribution >= 4 is 61.5 Å². The van der Waals surface area contributed by atoms with Gasteiger partial charge >= 0.3 is 12.2 Å². The molecule has 0 saturated carbocycles. The maximum absolute atomic E-state index is 14.7. The maximum atomic E-state index is 14.7. The number of benzene rings is 2. The third-order valence-electron chi connectivity index (χ3n) is 4.71. The van der Waals surface area contributed by atoms with Crippen LogP contribution in [0.2, 0.25) is 0 Å². The number of hydrogen-bond donors (Lipinski definition) is 2. The van der Waals surface area contributed by atoms with Crippen LogP contribution in [0.15, 0.2) is 65.8 Å². The lowest BCUT2D eigenvalue weighted by Gasteiger charge is -2.15. The van der Waals surface area contributed by atoms with E-state index >= 15 is 0 Å². The SMILES string of the molecule is O=C(O)N(C(=O)O)c1cc(F)c(Oc2ccnc3c2c(I)cn3S(=O)(=O)c2ccccc2)c(F)c1. The van der Waals surface area contributed by atoms with Crippen LogP contribution in [-0.4, -0.2) is 39.8 Å². The minimum atomic E-state index is -4.05. The topological polar surface area (TPSA) is 139 Å². The fourth-order valence-electron chi connectivity index (χ4n) is 3.21. The van der Waals surface area contributed by atoms with Crippen LogP contribution in [0.25, 0.3) is 11.0 Å². The molecule has 2 N–H and O–H groups in total. The first-order valence-electron chi connectivity index (χ1n) is 9.41. The molecular formula is C21H12F2IN3O7S. The van der Waals surface area contributed by atoms with E-state index in [2.05, 4.69) is 4.98 Å². The molecule has 35 heavy (non-hydrogen) atoms. The summed E-state index contributed by atoms with van der Waals surface area (Å²) in [6, 6.07) is 9.78. The van der Waals surface area contributed by atoms with Gasteiger partial charge in [-0.3, -0.25) is 0 Å². The lowest BCUT2D eigenvalue weighted by molar-refractivity contribution is 0.184. The quantitative estimate of drug-likeness (QED) is 0.296. The van der Waals surface area contributed by atoms with Gasteiger partial charge in [0.05, 0.1) is 16.0 Å². The van der Waals surface area contributed by atoms with Gasteiger partial charge in [0.25, 0.3) is 10.0 Å². The van der Waals surface area contributed by atoms with Crippen molar-refractivity contribution in [2.24, 2.45) is 0 Å². The molecule has 0 spiro atoms. The van der Waals surface area contributed by atoms with E-state index in [9.17, 15) is 26.8 Å². The Balaban J connectivity index is 1.81. The van der Waals surface area contributed by atoms with Gasteiger partial charge in [0, 0.05) is 28.1 Å². The van der Waals surface area contributed by atoms with Crippen molar-refractivity contribution in [2.45, 2.75) is 4.90 Å². The Hall–Kier alpha value is -3.79. The van der Waals surface area contributed by atoms with Gasteiger partial charge in [-0.2, -0.15) is 4.90 Å². The van der Waals surface area contributed by atoms with Gasteiger partial charge in [0.1, 0.15) is 5.75 Å². The van der Waals surface area contributed by atoms with Crippen LogP contribution < -0.4 is 9.64 Å². The van der Waals surface area contributed by atoms with Crippen molar-refractivity contribution in [3.05, 3.63) is 76.1 Å². The Kier molecular flexibility index (Phi) is 6.33. The number of pyridine rings is 1. The number of halogens is 3. The zero-order chi connectivity index (χ0) is 25.5. The lowest BCUT2D eigenvalue weighted by Crippen LogP contribution is -2.34. The number of carboxylic acid groups (broad SMARTS) is 2. The molecule has 0 bridgehead atoms. The van der Waals surface area contributed by atoms with Gasteiger partial charge in [-0.05, 0) is 40.8 Å². The second kappa shape index (κ2) is 9.10. The van der Waals surface area contributed by atoms with Gasteiger partial charge in [0.2, 0.25) is 0 Å². The number of hydrogen-bond acceptors (Lipinski definition) is 6. The van der Waals surface area contributed by atoms with Crippen molar-refractivity contribution < 1.29 is 41.7 Å². The average Bonchev–Trinajstić information content (AvgIpc) is 3.14. The van der Waals surface area contributed by atoms with E-state index in [1.165, 1.54) is 30.6 Å². The third kappa shape index (κ3) is 4.37. The second-order valence-corrected chi connectivity index (χ2v) is 9.82. The number of amides is 2. The van der Waals surface area contributed by atoms with E-state index in [1.54, 1.807) is 18.2 Å². The van der Waals surface area contributed by atoms with Gasteiger partial charge in [-0.15, -0.1) is 0 Å². The lowest BCUT2D eigenvalue weighted by atomic mass is 10.2. The van der Waals surface area contributed by atoms with Gasteiger partial charge in [-0.1, -0.05) is 18.2 Å². The Bertz CT molecular complexity index is 1560. The fourth-order valence-corrected chi connectivity index (χ4v) is 5.53. The van der Waals surface area contributed by atoms with E-state index in [1.807, 2.05) is 22.6 Å². The van der Waals surface area contributed by atoms with Crippen molar-refractivity contribution in [3.63, 3.8) is 0 Å². The van der Waals surface area contributed by atoms with E-state index in [-0.39, 0.29) is 26.6 Å². The van der Waals surface area contributed by atoms with E-state index < -0.39 is 45.3 Å². The second-order valence-electron chi connectivity index (χ2n) is 6.84. The molecule has 0 saturated heterocycles. The number of aromatic nitrogens is 2. The van der Waals surface area contributed by atoms with Crippen molar-refractivity contribution in [1.29, 1.82) is 0 Å². The molecule has 0 atom stereocenters. The third-order valence-corrected chi connectivity index (χ3v) is 7.19. The first-order valence-corrected chi connectivity index (χ1v) is 11.9. The fraction of sp³-hybridized carbons (Fsp3) is 0. The largest absolute Gasteiger partial charge is 0.464 e. The monoisotopic (exact) mass is 615 g/mol. The molecule has 0 unspecified atom stereocenters. The van der Waals surface area contributed by atoms with Crippen LogP contribution in [0.3, 0.4) is 0 Å². The predicted molar refractivity (Wildman–Crippen MR) is 126 cm³/mol. The van der Waals surface area contributed by atoms with E-state index in [4.69, 9.17) is 14.9 Å². The van der Waals surface area contributed by atoms with E-state index in [0.717, 1.165) is 3.97 Å². The summed E-state index contributed by atoms with van der Waals surface area (Å²) in [5, 5.41) is 18.1. The number of imide groups is 1. The highest BCUT2D eigenvalue weighted by Crippen LogP contribution is 2.37. The molecule has 0 aliphatic rings. The molecule has 2 amide bonds. The van der Waals surface area contributed by atoms with Crippen LogP contribution in [0, 0.1) is 15.2 Å². The number of rotatable bonds is 5. The highest BCUT2D eigenvalue weighted by Gasteiger charge is 2.27. The number of anilines is 1. The summed E-state index contributed by atoms with van der Waals surface area (Å²) in [6.45, 7) is 0. The number of nitrogens with zero attached hydrogens (tertiary/aromatic N) is 3. The normalized spacial score (nSPS) is 11.4. The van der Waals surface area contributed by atoms with Gasteiger partial charge < -0.3 is 14.9 Å². The summed E-state index contributed by atoms with van der Waals surface area (Å²) in [7, 11) is -4.05. The van der Waals surface area contributed by atoms with E-state index in [0.29, 0.717) is 15.7 Å². The molecular weight excluding hydrogens is 603 g/mol. The predicted octanol–water partition coefficient (Wildman–Crippen LogP) is 5.11. The summed E-state index contributed by atoms with van der Waals surface area (Å²) in [5.74, 6) is -3.86. The summed E-state index contributed by atoms with van der Waals surface area (Å²) < 4.78 is 62.3. The Morgan fingerprint density at radius 3 is 2.20 bits per heavy atom. The molecule has 2 aromatic heterocycles. The highest BCUT2D eigenvalue weighted by atomic mass is 127. The molecule has 0 aliphatic heterocycles. The number of ether oxygens (including phenoxy) is 1. The molecule has 0 fully saturated rings. The maximum Gasteiger partial charge on any atom is 0.421 e. The molecule has 0 aliphatic carbocycles. The van der Waals surface area contributed by atoms with Crippen LogP contribution >= 0.6 is 22.6 Å². The number of fused-ring (bicyclic) bond motifs is 1.